The minimum Gasteiger partial charge on any atom is -0.506 e. The van der Waals surface area contributed by atoms with Gasteiger partial charge in [-0.15, -0.1) is 0 Å². The van der Waals surface area contributed by atoms with Crippen LogP contribution in [0.1, 0.15) is 56.9 Å². The summed E-state index contributed by atoms with van der Waals surface area (Å²) in [5, 5.41) is 46.7. The number of aliphatic hydroxyl groups excluding tert-OH is 1. The summed E-state index contributed by atoms with van der Waals surface area (Å²) in [7, 11) is 0. The van der Waals surface area contributed by atoms with Crippen LogP contribution in [0.2, 0.25) is 0 Å². The molecule has 2 aliphatic carbocycles. The zero-order chi connectivity index (χ0) is 32.2. The number of benzene rings is 1. The summed E-state index contributed by atoms with van der Waals surface area (Å²) in [6, 6.07) is 6.87. The molecule has 3 rings (SSSR count). The maximum absolute atomic E-state index is 13.1. The van der Waals surface area contributed by atoms with E-state index in [4.69, 9.17) is 20.4 Å². The normalized spacial score (nSPS) is 14.1. The Balaban J connectivity index is 1.77. The number of anilines is 1. The molecule has 0 fully saturated rings. The van der Waals surface area contributed by atoms with Gasteiger partial charge in [0.2, 0.25) is 5.78 Å². The van der Waals surface area contributed by atoms with Gasteiger partial charge in [-0.1, -0.05) is 12.1 Å². The highest BCUT2D eigenvalue weighted by atomic mass is 16.4. The monoisotopic (exact) mass is 609 g/mol. The van der Waals surface area contributed by atoms with Crippen LogP contribution >= 0.6 is 0 Å². The van der Waals surface area contributed by atoms with Crippen LogP contribution in [0.3, 0.4) is 0 Å². The van der Waals surface area contributed by atoms with E-state index in [0.29, 0.717) is 63.0 Å². The molecule has 0 heterocycles. The Morgan fingerprint density at radius 3 is 1.52 bits per heavy atom. The lowest BCUT2D eigenvalue weighted by Gasteiger charge is -2.26. The molecule has 0 amide bonds. The minimum absolute atomic E-state index is 0.0180. The highest BCUT2D eigenvalue weighted by molar-refractivity contribution is 6.39. The molecular formula is C32H37N2O10+. The lowest BCUT2D eigenvalue weighted by molar-refractivity contribution is -0.527. The highest BCUT2D eigenvalue weighted by Gasteiger charge is 2.36. The van der Waals surface area contributed by atoms with E-state index in [-0.39, 0.29) is 48.4 Å². The van der Waals surface area contributed by atoms with E-state index in [1.807, 2.05) is 9.48 Å². The maximum atomic E-state index is 13.1. The summed E-state index contributed by atoms with van der Waals surface area (Å²) in [5.74, 6) is -4.13. The first kappa shape index (κ1) is 33.5. The predicted octanol–water partition coefficient (Wildman–Crippen LogP) is 3.68. The Morgan fingerprint density at radius 2 is 1.09 bits per heavy atom. The standard InChI is InChI=1S/C32H36N2O10/c35-25(36)5-1-17-33(18-2-6-26(37)38)23-13-9-21(10-14-23)29-31(43)30(32(29)44)22-11-15-24(16-12-22)34(19-3-7-27(39)40)20-4-8-28(41)42/h9-16H,1-8,17-20H2,(H4-,35,36,37,38,39,40,41,42,43,44)/p+1. The van der Waals surface area contributed by atoms with Crippen molar-refractivity contribution in [2.24, 2.45) is 0 Å². The summed E-state index contributed by atoms with van der Waals surface area (Å²) in [5.41, 5.74) is 2.84. The smallest absolute Gasteiger partial charge is 0.303 e. The summed E-state index contributed by atoms with van der Waals surface area (Å²) in [4.78, 5) is 58.8. The van der Waals surface area contributed by atoms with Gasteiger partial charge in [-0.3, -0.25) is 24.0 Å². The number of nitrogens with zero attached hydrogens (tertiary/aromatic N) is 2. The minimum atomic E-state index is -0.915. The summed E-state index contributed by atoms with van der Waals surface area (Å²) >= 11 is 0. The average molecular weight is 610 g/mol. The van der Waals surface area contributed by atoms with Gasteiger partial charge in [-0.05, 0) is 48.3 Å². The van der Waals surface area contributed by atoms with Gasteiger partial charge in [-0.2, -0.15) is 0 Å². The fourth-order valence-electron chi connectivity index (χ4n) is 5.04. The molecule has 1 aromatic carbocycles. The van der Waals surface area contributed by atoms with Gasteiger partial charge >= 0.3 is 23.9 Å². The van der Waals surface area contributed by atoms with Gasteiger partial charge in [-0.25, -0.2) is 4.58 Å². The predicted molar refractivity (Wildman–Crippen MR) is 161 cm³/mol. The van der Waals surface area contributed by atoms with Crippen molar-refractivity contribution < 1.29 is 54.1 Å². The number of hydrogen-bond acceptors (Lipinski definition) is 7. The zero-order valence-electron chi connectivity index (χ0n) is 24.3. The number of aliphatic hydroxyl groups is 1. The number of rotatable bonds is 18. The molecule has 0 bridgehead atoms. The SMILES string of the molecule is O=C(O)CCCN(CCCC(=O)O)c1ccc(C2=C(O)C(=C3C=CC(=[N+](CCCC(=O)O)CCCC(=O)O)C=C3)C2=O)cc1. The second-order valence-electron chi connectivity index (χ2n) is 10.5. The van der Waals surface area contributed by atoms with Gasteiger partial charge in [0.25, 0.3) is 0 Å². The third-order valence-electron chi connectivity index (χ3n) is 7.24. The molecule has 1 aromatic rings. The number of carboxylic acids is 4. The molecule has 2 aliphatic rings. The van der Waals surface area contributed by atoms with Gasteiger partial charge in [0.05, 0.1) is 24.0 Å². The first-order chi connectivity index (χ1) is 21.0. The first-order valence-electron chi connectivity index (χ1n) is 14.4. The molecule has 0 spiro atoms. The van der Waals surface area contributed by atoms with Crippen molar-refractivity contribution in [1.82, 2.24) is 0 Å². The van der Waals surface area contributed by atoms with E-state index < -0.39 is 23.9 Å². The lowest BCUT2D eigenvalue weighted by atomic mass is 9.80. The molecule has 0 saturated carbocycles. The summed E-state index contributed by atoms with van der Waals surface area (Å²) < 4.78 is 1.90. The van der Waals surface area contributed by atoms with E-state index >= 15 is 0 Å². The number of aliphatic carboxylic acids is 4. The van der Waals surface area contributed by atoms with E-state index in [1.165, 1.54) is 0 Å². The van der Waals surface area contributed by atoms with Crippen LogP contribution in [0.4, 0.5) is 5.69 Å². The van der Waals surface area contributed by atoms with Crippen molar-refractivity contribution in [3.8, 4) is 0 Å². The van der Waals surface area contributed by atoms with Gasteiger partial charge in [0.15, 0.2) is 5.71 Å². The van der Waals surface area contributed by atoms with Gasteiger partial charge in [0, 0.05) is 56.6 Å². The van der Waals surface area contributed by atoms with Crippen LogP contribution in [0.25, 0.3) is 5.57 Å². The van der Waals surface area contributed by atoms with Crippen LogP contribution in [-0.2, 0) is 24.0 Å². The Hall–Kier alpha value is -5.00. The van der Waals surface area contributed by atoms with Crippen molar-refractivity contribution in [3.05, 3.63) is 71.0 Å². The highest BCUT2D eigenvalue weighted by Crippen LogP contribution is 2.39. The number of carbonyl (C=O) groups excluding carboxylic acids is 1. The first-order valence-corrected chi connectivity index (χ1v) is 14.4. The van der Waals surface area contributed by atoms with Crippen molar-refractivity contribution in [3.63, 3.8) is 0 Å². The summed E-state index contributed by atoms with van der Waals surface area (Å²) in [6.07, 6.45) is 8.33. The molecule has 0 unspecified atom stereocenters. The van der Waals surface area contributed by atoms with Crippen LogP contribution in [-0.4, -0.2) is 91.7 Å². The number of ketones is 1. The van der Waals surface area contributed by atoms with Crippen LogP contribution in [0, 0.1) is 0 Å². The topological polar surface area (TPSA) is 193 Å². The van der Waals surface area contributed by atoms with Crippen LogP contribution < -0.4 is 4.90 Å². The largest absolute Gasteiger partial charge is 0.506 e. The second-order valence-corrected chi connectivity index (χ2v) is 10.5. The van der Waals surface area contributed by atoms with E-state index in [2.05, 4.69) is 0 Å². The quantitative estimate of drug-likeness (QED) is 0.120. The number of hydrogen-bond donors (Lipinski definition) is 5. The molecule has 0 radical (unpaired) electrons. The Labute approximate surface area is 254 Å². The number of carboxylic acid groups (broad SMARTS) is 4. The molecule has 5 N–H and O–H groups in total. The third-order valence-corrected chi connectivity index (χ3v) is 7.24. The lowest BCUT2D eigenvalue weighted by Crippen LogP contribution is -2.27. The van der Waals surface area contributed by atoms with E-state index in [0.717, 1.165) is 11.4 Å². The zero-order valence-corrected chi connectivity index (χ0v) is 24.3. The van der Waals surface area contributed by atoms with Gasteiger partial charge in [0.1, 0.15) is 18.8 Å². The van der Waals surface area contributed by atoms with Crippen molar-refractivity contribution in [2.75, 3.05) is 31.1 Å². The molecule has 0 saturated heterocycles. The molecule has 44 heavy (non-hydrogen) atoms. The molecule has 12 nitrogen and oxygen atoms in total. The number of Topliss-reactive ketones (excluding diaryl/α,β-unsaturated/α-hetero) is 1. The van der Waals surface area contributed by atoms with Crippen molar-refractivity contribution in [2.45, 2.75) is 51.4 Å². The van der Waals surface area contributed by atoms with Crippen LogP contribution in [0.15, 0.2) is 65.5 Å². The van der Waals surface area contributed by atoms with Gasteiger partial charge < -0.3 is 30.4 Å². The molecule has 12 heteroatoms. The number of carbonyl (C=O) groups is 5. The second kappa shape index (κ2) is 16.0. The Kier molecular flexibility index (Phi) is 12.2. The third kappa shape index (κ3) is 9.51. The molecule has 0 aliphatic heterocycles. The molecule has 0 aromatic heterocycles. The molecular weight excluding hydrogens is 572 g/mol. The van der Waals surface area contributed by atoms with Crippen molar-refractivity contribution >= 4 is 46.6 Å². The van der Waals surface area contributed by atoms with Crippen LogP contribution in [0.5, 0.6) is 0 Å². The fourth-order valence-corrected chi connectivity index (χ4v) is 5.04. The summed E-state index contributed by atoms with van der Waals surface area (Å²) in [6.45, 7) is 1.68. The fraction of sp³-hybridized carbons (Fsp3) is 0.375. The Morgan fingerprint density at radius 1 is 0.636 bits per heavy atom. The molecule has 0 atom stereocenters. The maximum Gasteiger partial charge on any atom is 0.303 e. The Bertz CT molecular complexity index is 1390. The number of allylic oxidation sites excluding steroid dienone is 7. The van der Waals surface area contributed by atoms with E-state index in [1.54, 1.807) is 48.6 Å². The van der Waals surface area contributed by atoms with Crippen molar-refractivity contribution in [1.29, 1.82) is 0 Å². The van der Waals surface area contributed by atoms with E-state index in [9.17, 15) is 29.1 Å². The molecule has 234 valence electrons. The average Bonchev–Trinajstić information content (AvgIpc) is 2.96.